The molecule has 0 heterocycles. The monoisotopic (exact) mass is 491 g/mol. The van der Waals surface area contributed by atoms with Crippen molar-refractivity contribution < 1.29 is 33.8 Å². The predicted octanol–water partition coefficient (Wildman–Crippen LogP) is 2.59. The molecule has 2 unspecified atom stereocenters. The first kappa shape index (κ1) is 29.5. The van der Waals surface area contributed by atoms with Crippen molar-refractivity contribution in [2.24, 2.45) is 5.92 Å². The third kappa shape index (κ3) is 8.95. The van der Waals surface area contributed by atoms with Crippen molar-refractivity contribution in [3.05, 3.63) is 42.0 Å². The van der Waals surface area contributed by atoms with Gasteiger partial charge in [-0.2, -0.15) is 0 Å². The van der Waals surface area contributed by atoms with Crippen molar-refractivity contribution >= 4 is 23.9 Å². The number of aromatic hydroxyl groups is 1. The average molecular weight is 492 g/mol. The summed E-state index contributed by atoms with van der Waals surface area (Å²) in [5.41, 5.74) is 0.124. The molecule has 1 rings (SSSR count). The predicted molar refractivity (Wildman–Crippen MR) is 131 cm³/mol. The normalized spacial score (nSPS) is 12.8. The molecule has 0 aliphatic heterocycles. The highest BCUT2D eigenvalue weighted by molar-refractivity contribution is 5.93. The third-order valence-electron chi connectivity index (χ3n) is 4.95. The summed E-state index contributed by atoms with van der Waals surface area (Å²) in [5.74, 6) is -2.17. The average Bonchev–Trinajstić information content (AvgIpc) is 2.75. The maximum atomic E-state index is 13.7. The minimum atomic E-state index is -1.19. The Kier molecular flexibility index (Phi) is 10.8. The zero-order valence-electron chi connectivity index (χ0n) is 21.5. The third-order valence-corrected chi connectivity index (χ3v) is 4.95. The summed E-state index contributed by atoms with van der Waals surface area (Å²) in [4.78, 5) is 52.3. The van der Waals surface area contributed by atoms with E-state index < -0.39 is 48.1 Å². The number of methoxy groups -OCH3 is 1. The minimum Gasteiger partial charge on any atom is -0.508 e. The first-order valence-electron chi connectivity index (χ1n) is 11.3. The number of hydrogen-bond donors (Lipinski definition) is 3. The van der Waals surface area contributed by atoms with Gasteiger partial charge in [0.1, 0.15) is 30.0 Å². The lowest BCUT2D eigenvalue weighted by molar-refractivity contribution is -0.144. The van der Waals surface area contributed by atoms with Crippen molar-refractivity contribution in [1.82, 2.24) is 15.5 Å². The Hall–Kier alpha value is -3.56. The zero-order chi connectivity index (χ0) is 26.9. The van der Waals surface area contributed by atoms with Gasteiger partial charge in [-0.15, -0.1) is 6.58 Å². The van der Waals surface area contributed by atoms with Gasteiger partial charge in [0.2, 0.25) is 11.8 Å². The van der Waals surface area contributed by atoms with Crippen LogP contribution in [-0.4, -0.2) is 65.7 Å². The molecular weight excluding hydrogens is 454 g/mol. The van der Waals surface area contributed by atoms with E-state index in [9.17, 15) is 24.3 Å². The summed E-state index contributed by atoms with van der Waals surface area (Å²) in [6.45, 7) is 13.5. The Morgan fingerprint density at radius 3 is 2.31 bits per heavy atom. The number of benzene rings is 1. The Bertz CT molecular complexity index is 937. The smallest absolute Gasteiger partial charge is 0.408 e. The molecule has 10 nitrogen and oxygen atoms in total. The molecular formula is C25H37N3O7. The summed E-state index contributed by atoms with van der Waals surface area (Å²) >= 11 is 0. The van der Waals surface area contributed by atoms with Gasteiger partial charge in [-0.3, -0.25) is 14.4 Å². The number of carbonyl (C=O) groups excluding carboxylic acids is 4. The Balaban J connectivity index is 3.45. The fourth-order valence-corrected chi connectivity index (χ4v) is 3.24. The van der Waals surface area contributed by atoms with Gasteiger partial charge in [-0.25, -0.2) is 4.79 Å². The van der Waals surface area contributed by atoms with Crippen LogP contribution in [0.3, 0.4) is 0 Å². The molecule has 0 radical (unpaired) electrons. The number of nitrogens with zero attached hydrogens (tertiary/aromatic N) is 1. The van der Waals surface area contributed by atoms with Crippen LogP contribution in [-0.2, 0) is 23.9 Å². The molecule has 0 fully saturated rings. The van der Waals surface area contributed by atoms with E-state index in [1.165, 1.54) is 30.2 Å². The molecule has 0 bridgehead atoms. The van der Waals surface area contributed by atoms with Crippen molar-refractivity contribution in [3.63, 3.8) is 0 Å². The lowest BCUT2D eigenvalue weighted by Crippen LogP contribution is -2.55. The summed E-state index contributed by atoms with van der Waals surface area (Å²) in [7, 11) is 1.19. The fourth-order valence-electron chi connectivity index (χ4n) is 3.24. The Morgan fingerprint density at radius 1 is 1.20 bits per heavy atom. The van der Waals surface area contributed by atoms with E-state index in [4.69, 9.17) is 4.74 Å². The number of amides is 3. The number of aryl methyl sites for hydroxylation is 1. The first-order valence-corrected chi connectivity index (χ1v) is 11.3. The number of rotatable bonds is 10. The second-order valence-electron chi connectivity index (χ2n) is 9.39. The SMILES string of the molecule is C=CCN(C(=O)C(NC(=O)OC(C)(C)C)C(C)C)C(C(=O)NCC(=O)OC)c1ccc(O)c(C)c1. The molecule has 3 N–H and O–H groups in total. The molecule has 0 aliphatic carbocycles. The van der Waals surface area contributed by atoms with Crippen LogP contribution in [0.4, 0.5) is 4.79 Å². The highest BCUT2D eigenvalue weighted by atomic mass is 16.6. The summed E-state index contributed by atoms with van der Waals surface area (Å²) < 4.78 is 9.89. The van der Waals surface area contributed by atoms with Crippen molar-refractivity contribution in [2.75, 3.05) is 20.2 Å². The molecule has 0 spiro atoms. The number of alkyl carbamates (subject to hydrolysis) is 1. The number of ether oxygens (including phenoxy) is 2. The zero-order valence-corrected chi connectivity index (χ0v) is 21.5. The van der Waals surface area contributed by atoms with E-state index in [0.717, 1.165) is 0 Å². The summed E-state index contributed by atoms with van der Waals surface area (Å²) in [5, 5.41) is 15.0. The molecule has 3 amide bonds. The first-order chi connectivity index (χ1) is 16.2. The van der Waals surface area contributed by atoms with Gasteiger partial charge in [0.25, 0.3) is 0 Å². The van der Waals surface area contributed by atoms with Crippen LogP contribution in [0.25, 0.3) is 0 Å². The van der Waals surface area contributed by atoms with Gasteiger partial charge in [-0.1, -0.05) is 26.0 Å². The molecule has 35 heavy (non-hydrogen) atoms. The number of phenolic OH excluding ortho intramolecular Hbond substituents is 1. The molecule has 194 valence electrons. The number of carbonyl (C=O) groups is 4. The molecule has 0 saturated heterocycles. The van der Waals surface area contributed by atoms with Gasteiger partial charge in [0, 0.05) is 6.54 Å². The van der Waals surface area contributed by atoms with Gasteiger partial charge < -0.3 is 30.1 Å². The van der Waals surface area contributed by atoms with Crippen LogP contribution in [0, 0.1) is 12.8 Å². The highest BCUT2D eigenvalue weighted by Gasteiger charge is 2.37. The van der Waals surface area contributed by atoms with E-state index in [-0.39, 0.29) is 18.2 Å². The second-order valence-corrected chi connectivity index (χ2v) is 9.39. The van der Waals surface area contributed by atoms with E-state index in [2.05, 4.69) is 21.9 Å². The van der Waals surface area contributed by atoms with Crippen LogP contribution in [0.5, 0.6) is 5.75 Å². The van der Waals surface area contributed by atoms with Gasteiger partial charge in [0.05, 0.1) is 7.11 Å². The molecule has 1 aromatic rings. The van der Waals surface area contributed by atoms with Gasteiger partial charge in [-0.05, 0) is 56.9 Å². The number of hydrogen-bond acceptors (Lipinski definition) is 7. The highest BCUT2D eigenvalue weighted by Crippen LogP contribution is 2.27. The van der Waals surface area contributed by atoms with Crippen LogP contribution >= 0.6 is 0 Å². The lowest BCUT2D eigenvalue weighted by Gasteiger charge is -2.35. The van der Waals surface area contributed by atoms with Crippen molar-refractivity contribution in [1.29, 1.82) is 0 Å². The minimum absolute atomic E-state index is 0.0238. The number of nitrogens with one attached hydrogen (secondary N) is 2. The molecule has 1 aromatic carbocycles. The Labute approximate surface area is 206 Å². The molecule has 10 heteroatoms. The maximum absolute atomic E-state index is 13.7. The van der Waals surface area contributed by atoms with E-state index in [1.807, 2.05) is 0 Å². The van der Waals surface area contributed by atoms with Crippen molar-refractivity contribution in [2.45, 2.75) is 59.2 Å². The van der Waals surface area contributed by atoms with E-state index in [1.54, 1.807) is 47.6 Å². The molecule has 0 aromatic heterocycles. The summed E-state index contributed by atoms with van der Waals surface area (Å²) in [6.07, 6.45) is 0.687. The number of esters is 1. The van der Waals surface area contributed by atoms with E-state index >= 15 is 0 Å². The Morgan fingerprint density at radius 2 is 1.83 bits per heavy atom. The fraction of sp³-hybridized carbons (Fsp3) is 0.520. The molecule has 0 aliphatic rings. The van der Waals surface area contributed by atoms with Crippen molar-refractivity contribution in [3.8, 4) is 5.75 Å². The lowest BCUT2D eigenvalue weighted by atomic mass is 9.97. The number of phenols is 1. The topological polar surface area (TPSA) is 134 Å². The molecule has 0 saturated carbocycles. The van der Waals surface area contributed by atoms with Gasteiger partial charge >= 0.3 is 12.1 Å². The van der Waals surface area contributed by atoms with Crippen LogP contribution < -0.4 is 10.6 Å². The van der Waals surface area contributed by atoms with Crippen LogP contribution in [0.2, 0.25) is 0 Å². The van der Waals surface area contributed by atoms with E-state index in [0.29, 0.717) is 11.1 Å². The largest absolute Gasteiger partial charge is 0.508 e. The second kappa shape index (κ2) is 12.8. The van der Waals surface area contributed by atoms with Gasteiger partial charge in [0.15, 0.2) is 0 Å². The quantitative estimate of drug-likeness (QED) is 0.338. The maximum Gasteiger partial charge on any atom is 0.408 e. The van der Waals surface area contributed by atoms with Crippen LogP contribution in [0.15, 0.2) is 30.9 Å². The van der Waals surface area contributed by atoms with Crippen LogP contribution in [0.1, 0.15) is 51.8 Å². The molecule has 2 atom stereocenters. The summed E-state index contributed by atoms with van der Waals surface area (Å²) in [6, 6.07) is 2.30. The standard InChI is InChI=1S/C25H37N3O7/c1-9-12-28(23(32)20(15(2)3)27-24(33)35-25(5,6)7)21(22(31)26-14-19(30)34-8)17-10-11-18(29)16(4)13-17/h9-11,13,15,20-21,29H,1,12,14H2,2-8H3,(H,26,31)(H,27,33).